The number of rotatable bonds is 5. The summed E-state index contributed by atoms with van der Waals surface area (Å²) in [5.41, 5.74) is 0.785. The Balaban J connectivity index is 2.86. The van der Waals surface area contributed by atoms with Crippen LogP contribution in [0.25, 0.3) is 0 Å². The summed E-state index contributed by atoms with van der Waals surface area (Å²) in [5.74, 6) is -0.287. The fraction of sp³-hybridized carbons (Fsp3) is 0.429. The molecule has 0 aromatic heterocycles. The molecule has 2 unspecified atom stereocenters. The van der Waals surface area contributed by atoms with E-state index in [1.165, 1.54) is 12.1 Å². The number of benzene rings is 1. The van der Waals surface area contributed by atoms with Gasteiger partial charge in [0.25, 0.3) is 0 Å². The van der Waals surface area contributed by atoms with Gasteiger partial charge in [-0.1, -0.05) is 18.2 Å². The molecule has 1 N–H and O–H groups in total. The Morgan fingerprint density at radius 2 is 2.17 bits per heavy atom. The molecule has 100 valence electrons. The van der Waals surface area contributed by atoms with Crippen molar-refractivity contribution in [2.75, 3.05) is 0 Å². The molecule has 1 rings (SSSR count). The van der Waals surface area contributed by atoms with Crippen LogP contribution in [0.3, 0.4) is 0 Å². The summed E-state index contributed by atoms with van der Waals surface area (Å²) in [6.07, 6.45) is 2.34. The summed E-state index contributed by atoms with van der Waals surface area (Å²) in [7, 11) is 0. The first-order valence-electron chi connectivity index (χ1n) is 5.89. The molecule has 0 heterocycles. The average molecular weight is 269 g/mol. The zero-order chi connectivity index (χ0) is 13.8. The van der Waals surface area contributed by atoms with E-state index in [0.717, 1.165) is 5.56 Å². The van der Waals surface area contributed by atoms with E-state index >= 15 is 0 Å². The van der Waals surface area contributed by atoms with Crippen LogP contribution >= 0.6 is 0 Å². The molecule has 2 atom stereocenters. The van der Waals surface area contributed by atoms with Crippen molar-refractivity contribution in [3.05, 3.63) is 48.3 Å². The molecule has 4 heteroatoms. The predicted molar refractivity (Wildman–Crippen MR) is 75.0 cm³/mol. The van der Waals surface area contributed by atoms with Crippen molar-refractivity contribution in [3.63, 3.8) is 0 Å². The lowest BCUT2D eigenvalue weighted by molar-refractivity contribution is 0.523. The third-order valence-electron chi connectivity index (χ3n) is 2.46. The Morgan fingerprint density at radius 3 is 2.67 bits per heavy atom. The van der Waals surface area contributed by atoms with Gasteiger partial charge in [-0.25, -0.2) is 4.39 Å². The first-order chi connectivity index (χ1) is 8.34. The SMILES string of the molecule is C=CCC(N[S+]([O-])C(C)(C)C)c1cccc(F)c1. The van der Waals surface area contributed by atoms with Gasteiger partial charge in [0.15, 0.2) is 0 Å². The first kappa shape index (κ1) is 15.2. The van der Waals surface area contributed by atoms with Crippen LogP contribution in [0.1, 0.15) is 38.8 Å². The highest BCUT2D eigenvalue weighted by atomic mass is 32.2. The highest BCUT2D eigenvalue weighted by Gasteiger charge is 2.29. The molecule has 0 fully saturated rings. The molecular formula is C14H20FNOS. The Kier molecular flexibility index (Phi) is 5.38. The molecule has 0 aliphatic carbocycles. The highest BCUT2D eigenvalue weighted by molar-refractivity contribution is 7.90. The fourth-order valence-corrected chi connectivity index (χ4v) is 2.29. The molecule has 0 radical (unpaired) electrons. The summed E-state index contributed by atoms with van der Waals surface area (Å²) >= 11 is -1.20. The maximum atomic E-state index is 13.2. The zero-order valence-corrected chi connectivity index (χ0v) is 11.9. The van der Waals surface area contributed by atoms with Gasteiger partial charge in [0.2, 0.25) is 0 Å². The van der Waals surface area contributed by atoms with Crippen molar-refractivity contribution in [1.82, 2.24) is 4.72 Å². The van der Waals surface area contributed by atoms with E-state index in [2.05, 4.69) is 11.3 Å². The number of hydrogen-bond donors (Lipinski definition) is 1. The maximum absolute atomic E-state index is 13.2. The molecule has 0 bridgehead atoms. The van der Waals surface area contributed by atoms with Crippen molar-refractivity contribution < 1.29 is 8.94 Å². The maximum Gasteiger partial charge on any atom is 0.136 e. The van der Waals surface area contributed by atoms with E-state index in [9.17, 15) is 8.94 Å². The monoisotopic (exact) mass is 269 g/mol. The van der Waals surface area contributed by atoms with Gasteiger partial charge in [0.05, 0.1) is 6.04 Å². The molecule has 18 heavy (non-hydrogen) atoms. The van der Waals surface area contributed by atoms with E-state index in [4.69, 9.17) is 0 Å². The summed E-state index contributed by atoms with van der Waals surface area (Å²) in [6, 6.07) is 6.15. The second-order valence-electron chi connectivity index (χ2n) is 5.13. The normalized spacial score (nSPS) is 15.2. The van der Waals surface area contributed by atoms with Crippen LogP contribution in [0, 0.1) is 5.82 Å². The quantitative estimate of drug-likeness (QED) is 0.656. The zero-order valence-electron chi connectivity index (χ0n) is 11.1. The summed E-state index contributed by atoms with van der Waals surface area (Å²) in [4.78, 5) is 0. The molecule has 1 aromatic carbocycles. The lowest BCUT2D eigenvalue weighted by Gasteiger charge is -2.27. The predicted octanol–water partition coefficient (Wildman–Crippen LogP) is 3.49. The first-order valence-corrected chi connectivity index (χ1v) is 7.04. The lowest BCUT2D eigenvalue weighted by Crippen LogP contribution is -2.41. The van der Waals surface area contributed by atoms with Crippen LogP contribution in [0.4, 0.5) is 4.39 Å². The Bertz CT molecular complexity index is 403. The standard InChI is InChI=1S/C14H20FNOS/c1-5-7-13(16-18(17)14(2,3)4)11-8-6-9-12(15)10-11/h5-6,8-10,13,16H,1,7H2,2-4H3. The fourth-order valence-electron chi connectivity index (χ4n) is 1.45. The van der Waals surface area contributed by atoms with Crippen molar-refractivity contribution in [2.45, 2.75) is 38.0 Å². The van der Waals surface area contributed by atoms with Crippen LogP contribution in [0.15, 0.2) is 36.9 Å². The second kappa shape index (κ2) is 6.36. The van der Waals surface area contributed by atoms with Crippen LogP contribution in [0.2, 0.25) is 0 Å². The third kappa shape index (κ3) is 4.44. The third-order valence-corrected chi connectivity index (χ3v) is 4.07. The van der Waals surface area contributed by atoms with Gasteiger partial charge < -0.3 is 4.55 Å². The van der Waals surface area contributed by atoms with Crippen LogP contribution in [-0.4, -0.2) is 9.30 Å². The van der Waals surface area contributed by atoms with Crippen molar-refractivity contribution in [2.24, 2.45) is 0 Å². The molecule has 0 saturated carbocycles. The van der Waals surface area contributed by atoms with E-state index in [0.29, 0.717) is 6.42 Å². The number of nitrogens with one attached hydrogen (secondary N) is 1. The van der Waals surface area contributed by atoms with E-state index in [1.807, 2.05) is 26.8 Å². The van der Waals surface area contributed by atoms with Crippen LogP contribution in [-0.2, 0) is 11.4 Å². The van der Waals surface area contributed by atoms with Crippen molar-refractivity contribution in [1.29, 1.82) is 0 Å². The van der Waals surface area contributed by atoms with Crippen molar-refractivity contribution in [3.8, 4) is 0 Å². The van der Waals surface area contributed by atoms with Gasteiger partial charge in [-0.15, -0.1) is 11.3 Å². The molecular weight excluding hydrogens is 249 g/mol. The smallest absolute Gasteiger partial charge is 0.136 e. The molecule has 0 saturated heterocycles. The lowest BCUT2D eigenvalue weighted by atomic mass is 10.1. The van der Waals surface area contributed by atoms with E-state index < -0.39 is 11.4 Å². The number of hydrogen-bond acceptors (Lipinski definition) is 2. The molecule has 0 amide bonds. The van der Waals surface area contributed by atoms with Gasteiger partial charge >= 0.3 is 0 Å². The Labute approximate surface area is 112 Å². The minimum atomic E-state index is -1.20. The van der Waals surface area contributed by atoms with Gasteiger partial charge in [0, 0.05) is 11.4 Å². The minimum absolute atomic E-state index is 0.182. The molecule has 0 aliphatic heterocycles. The second-order valence-corrected chi connectivity index (χ2v) is 7.13. The Hall–Kier alpha value is -0.840. The van der Waals surface area contributed by atoms with E-state index in [-0.39, 0.29) is 16.6 Å². The van der Waals surface area contributed by atoms with Crippen LogP contribution in [0.5, 0.6) is 0 Å². The molecule has 0 aliphatic rings. The van der Waals surface area contributed by atoms with Gasteiger partial charge in [-0.05, 0) is 44.9 Å². The molecule has 2 nitrogen and oxygen atoms in total. The largest absolute Gasteiger partial charge is 0.598 e. The summed E-state index contributed by atoms with van der Waals surface area (Å²) in [5, 5.41) is 0. The minimum Gasteiger partial charge on any atom is -0.598 e. The summed E-state index contributed by atoms with van der Waals surface area (Å²) in [6.45, 7) is 9.37. The van der Waals surface area contributed by atoms with E-state index in [1.54, 1.807) is 12.1 Å². The molecule has 0 spiro atoms. The van der Waals surface area contributed by atoms with Crippen LogP contribution < -0.4 is 4.72 Å². The molecule has 1 aromatic rings. The van der Waals surface area contributed by atoms with Crippen molar-refractivity contribution >= 4 is 11.4 Å². The Morgan fingerprint density at radius 1 is 1.50 bits per heavy atom. The topological polar surface area (TPSA) is 35.1 Å². The van der Waals surface area contributed by atoms with Gasteiger partial charge in [-0.2, -0.15) is 0 Å². The van der Waals surface area contributed by atoms with Gasteiger partial charge in [0.1, 0.15) is 10.6 Å². The average Bonchev–Trinajstić information content (AvgIpc) is 2.27. The number of halogens is 1. The van der Waals surface area contributed by atoms with Gasteiger partial charge in [-0.3, -0.25) is 0 Å². The highest BCUT2D eigenvalue weighted by Crippen LogP contribution is 2.23. The summed E-state index contributed by atoms with van der Waals surface area (Å²) < 4.78 is 28.0.